The number of aliphatic hydroxyl groups is 1. The molecule has 1 amide bonds. The van der Waals surface area contributed by atoms with Gasteiger partial charge in [-0.1, -0.05) is 35.9 Å². The maximum atomic E-state index is 13.0. The molecule has 1 aliphatic heterocycles. The van der Waals surface area contributed by atoms with Gasteiger partial charge in [0.1, 0.15) is 5.76 Å². The van der Waals surface area contributed by atoms with E-state index in [1.807, 2.05) is 26.0 Å². The highest BCUT2D eigenvalue weighted by Gasteiger charge is 2.46. The van der Waals surface area contributed by atoms with Crippen LogP contribution in [0.4, 0.5) is 0 Å². The van der Waals surface area contributed by atoms with Crippen LogP contribution in [0.3, 0.4) is 0 Å². The largest absolute Gasteiger partial charge is 0.507 e. The van der Waals surface area contributed by atoms with Crippen molar-refractivity contribution in [3.63, 3.8) is 0 Å². The molecule has 0 bridgehead atoms. The number of likely N-dealkylation sites (tertiary alicyclic amines) is 1. The SMILES string of the molecule is CCOc1ccc(C2/C(=C(\O)c3ccc(C)cc3)C(=O)C(=O)N2CCCOC)cc1OC. The molecule has 1 saturated heterocycles. The second-order valence-electron chi connectivity index (χ2n) is 7.55. The number of rotatable bonds is 9. The first-order chi connectivity index (χ1) is 15.4. The summed E-state index contributed by atoms with van der Waals surface area (Å²) in [5, 5.41) is 11.1. The van der Waals surface area contributed by atoms with E-state index in [-0.39, 0.29) is 11.3 Å². The van der Waals surface area contributed by atoms with E-state index in [9.17, 15) is 14.7 Å². The van der Waals surface area contributed by atoms with E-state index in [1.165, 1.54) is 12.0 Å². The van der Waals surface area contributed by atoms with E-state index < -0.39 is 17.7 Å². The summed E-state index contributed by atoms with van der Waals surface area (Å²) in [4.78, 5) is 27.5. The molecule has 0 saturated carbocycles. The molecule has 1 fully saturated rings. The molecule has 0 aromatic heterocycles. The van der Waals surface area contributed by atoms with Crippen LogP contribution in [0.5, 0.6) is 11.5 Å². The van der Waals surface area contributed by atoms with Crippen molar-refractivity contribution < 1.29 is 28.9 Å². The summed E-state index contributed by atoms with van der Waals surface area (Å²) < 4.78 is 16.2. The summed E-state index contributed by atoms with van der Waals surface area (Å²) in [5.41, 5.74) is 2.21. The van der Waals surface area contributed by atoms with Crippen LogP contribution in [-0.4, -0.2) is 55.7 Å². The fourth-order valence-corrected chi connectivity index (χ4v) is 3.83. The molecule has 1 aliphatic rings. The Kier molecular flexibility index (Phi) is 7.53. The van der Waals surface area contributed by atoms with Gasteiger partial charge in [-0.3, -0.25) is 9.59 Å². The van der Waals surface area contributed by atoms with Gasteiger partial charge in [0.05, 0.1) is 25.3 Å². The van der Waals surface area contributed by atoms with Crippen LogP contribution in [0.2, 0.25) is 0 Å². The topological polar surface area (TPSA) is 85.3 Å². The quantitative estimate of drug-likeness (QED) is 0.276. The number of nitrogens with zero attached hydrogens (tertiary/aromatic N) is 1. The number of carbonyl (C=O) groups is 2. The minimum absolute atomic E-state index is 0.0579. The highest BCUT2D eigenvalue weighted by Crippen LogP contribution is 2.42. The normalized spacial score (nSPS) is 17.6. The molecule has 170 valence electrons. The van der Waals surface area contributed by atoms with Gasteiger partial charge in [-0.2, -0.15) is 0 Å². The number of hydrogen-bond acceptors (Lipinski definition) is 6. The first-order valence-corrected chi connectivity index (χ1v) is 10.6. The summed E-state index contributed by atoms with van der Waals surface area (Å²) in [7, 11) is 3.11. The first kappa shape index (κ1) is 23.3. The van der Waals surface area contributed by atoms with Gasteiger partial charge >= 0.3 is 0 Å². The van der Waals surface area contributed by atoms with Crippen molar-refractivity contribution in [2.45, 2.75) is 26.3 Å². The Morgan fingerprint density at radius 3 is 2.41 bits per heavy atom. The molecule has 2 aromatic carbocycles. The van der Waals surface area contributed by atoms with Crippen LogP contribution in [-0.2, 0) is 14.3 Å². The maximum absolute atomic E-state index is 13.0. The molecule has 0 spiro atoms. The van der Waals surface area contributed by atoms with Crippen molar-refractivity contribution >= 4 is 17.4 Å². The zero-order chi connectivity index (χ0) is 23.3. The minimum Gasteiger partial charge on any atom is -0.507 e. The van der Waals surface area contributed by atoms with Crippen LogP contribution in [0.25, 0.3) is 5.76 Å². The third-order valence-corrected chi connectivity index (χ3v) is 5.42. The van der Waals surface area contributed by atoms with E-state index in [0.717, 1.165) is 5.56 Å². The number of benzene rings is 2. The van der Waals surface area contributed by atoms with Crippen LogP contribution in [0.15, 0.2) is 48.0 Å². The first-order valence-electron chi connectivity index (χ1n) is 10.6. The summed E-state index contributed by atoms with van der Waals surface area (Å²) in [6, 6.07) is 11.7. The predicted octanol–water partition coefficient (Wildman–Crippen LogP) is 3.86. The molecule has 1 atom stereocenters. The zero-order valence-electron chi connectivity index (χ0n) is 18.9. The van der Waals surface area contributed by atoms with Crippen molar-refractivity contribution in [2.75, 3.05) is 34.0 Å². The lowest BCUT2D eigenvalue weighted by molar-refractivity contribution is -0.140. The fourth-order valence-electron chi connectivity index (χ4n) is 3.83. The highest BCUT2D eigenvalue weighted by molar-refractivity contribution is 6.46. The van der Waals surface area contributed by atoms with E-state index in [4.69, 9.17) is 14.2 Å². The number of Topliss-reactive ketones (excluding diaryl/α,β-unsaturated/α-hetero) is 1. The predicted molar refractivity (Wildman–Crippen MR) is 121 cm³/mol. The molecular weight excluding hydrogens is 410 g/mol. The third kappa shape index (κ3) is 4.62. The number of ether oxygens (including phenoxy) is 3. The van der Waals surface area contributed by atoms with Crippen LogP contribution in [0, 0.1) is 6.92 Å². The molecule has 3 rings (SSSR count). The fraction of sp³-hybridized carbons (Fsp3) is 0.360. The zero-order valence-corrected chi connectivity index (χ0v) is 18.9. The van der Waals surface area contributed by atoms with Crippen LogP contribution >= 0.6 is 0 Å². The van der Waals surface area contributed by atoms with Gasteiger partial charge < -0.3 is 24.2 Å². The molecule has 2 aromatic rings. The summed E-state index contributed by atoms with van der Waals surface area (Å²) >= 11 is 0. The Balaban J connectivity index is 2.14. The lowest BCUT2D eigenvalue weighted by atomic mass is 9.94. The summed E-state index contributed by atoms with van der Waals surface area (Å²) in [6.45, 7) is 5.03. The van der Waals surface area contributed by atoms with Gasteiger partial charge in [0.25, 0.3) is 11.7 Å². The Morgan fingerprint density at radius 2 is 1.78 bits per heavy atom. The van der Waals surface area contributed by atoms with E-state index >= 15 is 0 Å². The lowest BCUT2D eigenvalue weighted by Gasteiger charge is -2.26. The molecule has 1 heterocycles. The number of hydrogen-bond donors (Lipinski definition) is 1. The second kappa shape index (κ2) is 10.3. The standard InChI is InChI=1S/C25H29NO6/c1-5-32-19-12-11-18(15-20(19)31-4)22-21(23(27)17-9-7-16(2)8-10-17)24(28)25(29)26(22)13-6-14-30-3/h7-12,15,22,27H,5-6,13-14H2,1-4H3/b23-21+. The Labute approximate surface area is 188 Å². The van der Waals surface area contributed by atoms with Crippen molar-refractivity contribution in [1.29, 1.82) is 0 Å². The molecule has 1 unspecified atom stereocenters. The number of aryl methyl sites for hydroxylation is 1. The molecule has 0 aliphatic carbocycles. The molecule has 32 heavy (non-hydrogen) atoms. The Hall–Kier alpha value is -3.32. The lowest BCUT2D eigenvalue weighted by Crippen LogP contribution is -2.31. The Bertz CT molecular complexity index is 1010. The van der Waals surface area contributed by atoms with Crippen molar-refractivity contribution in [3.8, 4) is 11.5 Å². The maximum Gasteiger partial charge on any atom is 0.295 e. The van der Waals surface area contributed by atoms with Gasteiger partial charge in [-0.05, 0) is 38.0 Å². The summed E-state index contributed by atoms with van der Waals surface area (Å²) in [6.07, 6.45) is 0.554. The van der Waals surface area contributed by atoms with E-state index in [2.05, 4.69) is 0 Å². The van der Waals surface area contributed by atoms with Gasteiger partial charge in [-0.15, -0.1) is 0 Å². The van der Waals surface area contributed by atoms with Crippen molar-refractivity contribution in [2.24, 2.45) is 0 Å². The van der Waals surface area contributed by atoms with E-state index in [1.54, 1.807) is 37.4 Å². The summed E-state index contributed by atoms with van der Waals surface area (Å²) in [5.74, 6) is -0.503. The molecule has 7 heteroatoms. The van der Waals surface area contributed by atoms with Gasteiger partial charge in [0.15, 0.2) is 11.5 Å². The monoisotopic (exact) mass is 439 g/mol. The highest BCUT2D eigenvalue weighted by atomic mass is 16.5. The number of ketones is 1. The van der Waals surface area contributed by atoms with Crippen LogP contribution < -0.4 is 9.47 Å². The van der Waals surface area contributed by atoms with Gasteiger partial charge in [0, 0.05) is 25.8 Å². The van der Waals surface area contributed by atoms with Crippen molar-refractivity contribution in [1.82, 2.24) is 4.90 Å². The molecular formula is C25H29NO6. The average Bonchev–Trinajstić information content (AvgIpc) is 3.05. The smallest absolute Gasteiger partial charge is 0.295 e. The Morgan fingerprint density at radius 1 is 1.06 bits per heavy atom. The third-order valence-electron chi connectivity index (χ3n) is 5.42. The number of amides is 1. The number of methoxy groups -OCH3 is 2. The van der Waals surface area contributed by atoms with Crippen molar-refractivity contribution in [3.05, 3.63) is 64.7 Å². The van der Waals surface area contributed by atoms with Gasteiger partial charge in [0.2, 0.25) is 0 Å². The number of carbonyl (C=O) groups excluding carboxylic acids is 2. The minimum atomic E-state index is -0.752. The molecule has 1 N–H and O–H groups in total. The van der Waals surface area contributed by atoms with Gasteiger partial charge in [-0.25, -0.2) is 0 Å². The second-order valence-corrected chi connectivity index (χ2v) is 7.55. The average molecular weight is 440 g/mol. The molecule has 0 radical (unpaired) electrons. The number of aliphatic hydroxyl groups excluding tert-OH is 1. The molecule has 7 nitrogen and oxygen atoms in total. The van der Waals surface area contributed by atoms with Crippen LogP contribution in [0.1, 0.15) is 36.1 Å². The van der Waals surface area contributed by atoms with E-state index in [0.29, 0.717) is 48.8 Å².